The van der Waals surface area contributed by atoms with Gasteiger partial charge in [-0.2, -0.15) is 13.2 Å². The van der Waals surface area contributed by atoms with Gasteiger partial charge in [-0.05, 0) is 43.5 Å². The normalized spacial score (nSPS) is 17.8. The Morgan fingerprint density at radius 2 is 1.68 bits per heavy atom. The van der Waals surface area contributed by atoms with E-state index >= 15 is 0 Å². The molecule has 1 aromatic rings. The molecule has 0 spiro atoms. The van der Waals surface area contributed by atoms with Gasteiger partial charge in [0.15, 0.2) is 0 Å². The number of alkyl halides is 3. The highest BCUT2D eigenvalue weighted by molar-refractivity contribution is 5.48. The molecule has 106 valence electrons. The van der Waals surface area contributed by atoms with Gasteiger partial charge in [-0.1, -0.05) is 12.1 Å². The van der Waals surface area contributed by atoms with E-state index in [4.69, 9.17) is 5.73 Å². The van der Waals surface area contributed by atoms with Crippen molar-refractivity contribution in [3.05, 3.63) is 29.8 Å². The Morgan fingerprint density at radius 3 is 2.16 bits per heavy atom. The minimum absolute atomic E-state index is 0.189. The number of halogens is 3. The van der Waals surface area contributed by atoms with Crippen molar-refractivity contribution in [2.75, 3.05) is 24.5 Å². The first kappa shape index (κ1) is 14.2. The molecule has 1 aromatic carbocycles. The summed E-state index contributed by atoms with van der Waals surface area (Å²) in [4.78, 5) is 2.02. The van der Waals surface area contributed by atoms with Crippen LogP contribution in [0.25, 0.3) is 0 Å². The van der Waals surface area contributed by atoms with E-state index in [1.807, 2.05) is 29.2 Å². The van der Waals surface area contributed by atoms with Gasteiger partial charge in [-0.3, -0.25) is 0 Å². The Bertz CT molecular complexity index is 392. The van der Waals surface area contributed by atoms with Crippen molar-refractivity contribution in [3.63, 3.8) is 0 Å². The summed E-state index contributed by atoms with van der Waals surface area (Å²) in [6.45, 7) is 1.55. The van der Waals surface area contributed by atoms with E-state index in [1.54, 1.807) is 0 Å². The van der Waals surface area contributed by atoms with E-state index in [0.717, 1.165) is 17.7 Å². The van der Waals surface area contributed by atoms with Crippen LogP contribution >= 0.6 is 0 Å². The molecule has 2 rings (SSSR count). The fourth-order valence-corrected chi connectivity index (χ4v) is 2.51. The van der Waals surface area contributed by atoms with E-state index in [1.165, 1.54) is 0 Å². The fraction of sp³-hybridized carbons (Fsp3) is 0.571. The smallest absolute Gasteiger partial charge is 0.372 e. The Balaban J connectivity index is 1.94. The second kappa shape index (κ2) is 5.82. The zero-order valence-electron chi connectivity index (χ0n) is 10.8. The summed E-state index contributed by atoms with van der Waals surface area (Å²) >= 11 is 0. The summed E-state index contributed by atoms with van der Waals surface area (Å²) in [6, 6.07) is 7.94. The summed E-state index contributed by atoms with van der Waals surface area (Å²) in [5, 5.41) is 0. The van der Waals surface area contributed by atoms with Crippen molar-refractivity contribution >= 4 is 5.69 Å². The third kappa shape index (κ3) is 3.62. The molecule has 1 saturated heterocycles. The highest BCUT2D eigenvalue weighted by Crippen LogP contribution is 2.35. The standard InChI is InChI=1S/C14H19F3N2/c15-14(16,17)12-6-9-19(10-7-12)13-3-1-11(2-4-13)5-8-18/h1-4,12H,5-10,18H2. The van der Waals surface area contributed by atoms with Gasteiger partial charge in [0, 0.05) is 18.8 Å². The summed E-state index contributed by atoms with van der Waals surface area (Å²) in [6.07, 6.45) is -2.84. The molecule has 0 atom stereocenters. The third-order valence-corrected chi connectivity index (χ3v) is 3.69. The molecule has 0 aliphatic carbocycles. The lowest BCUT2D eigenvalue weighted by Gasteiger charge is -2.34. The van der Waals surface area contributed by atoms with Crippen molar-refractivity contribution in [1.82, 2.24) is 0 Å². The lowest BCUT2D eigenvalue weighted by atomic mass is 9.96. The van der Waals surface area contributed by atoms with Crippen LogP contribution in [0, 0.1) is 5.92 Å². The van der Waals surface area contributed by atoms with Gasteiger partial charge in [0.2, 0.25) is 0 Å². The van der Waals surface area contributed by atoms with Crippen molar-refractivity contribution < 1.29 is 13.2 Å². The molecule has 2 nitrogen and oxygen atoms in total. The van der Waals surface area contributed by atoms with Gasteiger partial charge in [-0.15, -0.1) is 0 Å². The predicted molar refractivity (Wildman–Crippen MR) is 70.2 cm³/mol. The number of rotatable bonds is 3. The van der Waals surface area contributed by atoms with Crippen LogP contribution in [0.2, 0.25) is 0 Å². The minimum Gasteiger partial charge on any atom is -0.372 e. The van der Waals surface area contributed by atoms with Crippen LogP contribution in [-0.4, -0.2) is 25.8 Å². The van der Waals surface area contributed by atoms with Crippen LogP contribution in [0.5, 0.6) is 0 Å². The predicted octanol–water partition coefficient (Wildman–Crippen LogP) is 2.97. The minimum atomic E-state index is -4.04. The first-order valence-corrected chi connectivity index (χ1v) is 6.61. The van der Waals surface area contributed by atoms with Gasteiger partial charge in [0.25, 0.3) is 0 Å². The topological polar surface area (TPSA) is 29.3 Å². The van der Waals surface area contributed by atoms with Crippen molar-refractivity contribution in [2.45, 2.75) is 25.4 Å². The molecule has 1 heterocycles. The molecule has 19 heavy (non-hydrogen) atoms. The lowest BCUT2D eigenvalue weighted by Crippen LogP contribution is -2.38. The Labute approximate surface area is 111 Å². The number of nitrogens with zero attached hydrogens (tertiary/aromatic N) is 1. The van der Waals surface area contributed by atoms with Crippen molar-refractivity contribution in [2.24, 2.45) is 11.7 Å². The van der Waals surface area contributed by atoms with Gasteiger partial charge in [0.05, 0.1) is 5.92 Å². The monoisotopic (exact) mass is 272 g/mol. The molecular formula is C14H19F3N2. The highest BCUT2D eigenvalue weighted by Gasteiger charge is 2.41. The number of nitrogens with two attached hydrogens (primary N) is 1. The van der Waals surface area contributed by atoms with Crippen LogP contribution in [-0.2, 0) is 6.42 Å². The van der Waals surface area contributed by atoms with Gasteiger partial charge in [0.1, 0.15) is 0 Å². The zero-order valence-corrected chi connectivity index (χ0v) is 10.8. The van der Waals surface area contributed by atoms with Crippen LogP contribution in [0.3, 0.4) is 0 Å². The second-order valence-corrected chi connectivity index (χ2v) is 5.01. The van der Waals surface area contributed by atoms with Gasteiger partial charge in [-0.25, -0.2) is 0 Å². The summed E-state index contributed by atoms with van der Waals surface area (Å²) < 4.78 is 37.7. The molecule has 5 heteroatoms. The number of hydrogen-bond donors (Lipinski definition) is 1. The van der Waals surface area contributed by atoms with E-state index in [0.29, 0.717) is 19.6 Å². The van der Waals surface area contributed by atoms with E-state index in [9.17, 15) is 13.2 Å². The van der Waals surface area contributed by atoms with Crippen LogP contribution in [0.15, 0.2) is 24.3 Å². The molecule has 0 saturated carbocycles. The van der Waals surface area contributed by atoms with Crippen LogP contribution in [0.1, 0.15) is 18.4 Å². The van der Waals surface area contributed by atoms with Crippen LogP contribution in [0.4, 0.5) is 18.9 Å². The molecule has 1 aliphatic rings. The number of benzene rings is 1. The van der Waals surface area contributed by atoms with Crippen molar-refractivity contribution in [3.8, 4) is 0 Å². The van der Waals surface area contributed by atoms with Crippen LogP contribution < -0.4 is 10.6 Å². The summed E-state index contributed by atoms with van der Waals surface area (Å²) in [5.41, 5.74) is 7.65. The summed E-state index contributed by atoms with van der Waals surface area (Å²) in [5.74, 6) is -1.14. The molecule has 1 aliphatic heterocycles. The number of hydrogen-bond acceptors (Lipinski definition) is 2. The maximum absolute atomic E-state index is 12.6. The van der Waals surface area contributed by atoms with E-state index in [-0.39, 0.29) is 12.8 Å². The first-order valence-electron chi connectivity index (χ1n) is 6.61. The average molecular weight is 272 g/mol. The fourth-order valence-electron chi connectivity index (χ4n) is 2.51. The van der Waals surface area contributed by atoms with Gasteiger partial charge < -0.3 is 10.6 Å². The number of piperidine rings is 1. The van der Waals surface area contributed by atoms with Crippen molar-refractivity contribution in [1.29, 1.82) is 0 Å². The maximum Gasteiger partial charge on any atom is 0.391 e. The second-order valence-electron chi connectivity index (χ2n) is 5.01. The Hall–Kier alpha value is -1.23. The zero-order chi connectivity index (χ0) is 13.9. The average Bonchev–Trinajstić information content (AvgIpc) is 2.39. The summed E-state index contributed by atoms with van der Waals surface area (Å²) in [7, 11) is 0. The Kier molecular flexibility index (Phi) is 4.34. The molecule has 1 fully saturated rings. The molecule has 0 bridgehead atoms. The first-order chi connectivity index (χ1) is 9.00. The highest BCUT2D eigenvalue weighted by atomic mass is 19.4. The molecule has 0 unspecified atom stereocenters. The Morgan fingerprint density at radius 1 is 1.11 bits per heavy atom. The maximum atomic E-state index is 12.6. The molecule has 0 aromatic heterocycles. The molecule has 0 radical (unpaired) electrons. The van der Waals surface area contributed by atoms with E-state index < -0.39 is 12.1 Å². The van der Waals surface area contributed by atoms with E-state index in [2.05, 4.69) is 0 Å². The lowest BCUT2D eigenvalue weighted by molar-refractivity contribution is -0.179. The molecular weight excluding hydrogens is 253 g/mol. The number of anilines is 1. The van der Waals surface area contributed by atoms with Gasteiger partial charge >= 0.3 is 6.18 Å². The SMILES string of the molecule is NCCc1ccc(N2CCC(C(F)(F)F)CC2)cc1. The molecule has 0 amide bonds. The third-order valence-electron chi connectivity index (χ3n) is 3.69. The molecule has 2 N–H and O–H groups in total. The largest absolute Gasteiger partial charge is 0.391 e. The quantitative estimate of drug-likeness (QED) is 0.916.